The molecule has 3 aromatic rings. The molecule has 3 rings (SSSR count). The van der Waals surface area contributed by atoms with E-state index in [1.807, 2.05) is 0 Å². The number of rotatable bonds is 2. The summed E-state index contributed by atoms with van der Waals surface area (Å²) < 4.78 is 52.0. The Bertz CT molecular complexity index is 786. The molecule has 1 N–H and O–H groups in total. The Kier molecular flexibility index (Phi) is 3.20. The first-order valence-corrected chi connectivity index (χ1v) is 6.36. The van der Waals surface area contributed by atoms with Gasteiger partial charge in [0.2, 0.25) is 0 Å². The number of aromatic amines is 1. The SMILES string of the molecule is Fc1ccccc1Cc1c[nH]c2ccc(C(F)(F)F)cc12. The summed E-state index contributed by atoms with van der Waals surface area (Å²) in [6.07, 6.45) is -2.52. The predicted octanol–water partition coefficient (Wildman–Crippen LogP) is 4.92. The Balaban J connectivity index is 2.05. The molecule has 0 bridgehead atoms. The van der Waals surface area contributed by atoms with Gasteiger partial charge in [0.25, 0.3) is 0 Å². The Hall–Kier alpha value is -2.30. The van der Waals surface area contributed by atoms with E-state index >= 15 is 0 Å². The Labute approximate surface area is 118 Å². The highest BCUT2D eigenvalue weighted by Crippen LogP contribution is 2.32. The summed E-state index contributed by atoms with van der Waals surface area (Å²) in [7, 11) is 0. The van der Waals surface area contributed by atoms with Gasteiger partial charge in [0.15, 0.2) is 0 Å². The van der Waals surface area contributed by atoms with Gasteiger partial charge in [0.1, 0.15) is 5.82 Å². The number of aromatic nitrogens is 1. The molecule has 2 aromatic carbocycles. The van der Waals surface area contributed by atoms with Crippen LogP contribution in [0.25, 0.3) is 10.9 Å². The summed E-state index contributed by atoms with van der Waals surface area (Å²) in [6.45, 7) is 0. The van der Waals surface area contributed by atoms with Crippen LogP contribution in [0.5, 0.6) is 0 Å². The zero-order valence-electron chi connectivity index (χ0n) is 10.8. The zero-order chi connectivity index (χ0) is 15.0. The van der Waals surface area contributed by atoms with Crippen molar-refractivity contribution in [3.63, 3.8) is 0 Å². The molecule has 0 radical (unpaired) electrons. The van der Waals surface area contributed by atoms with Gasteiger partial charge in [-0.05, 0) is 35.4 Å². The number of fused-ring (bicyclic) bond motifs is 1. The van der Waals surface area contributed by atoms with Crippen LogP contribution in [-0.2, 0) is 12.6 Å². The molecule has 21 heavy (non-hydrogen) atoms. The molecule has 0 aliphatic carbocycles. The summed E-state index contributed by atoms with van der Waals surface area (Å²) in [5.41, 5.74) is 0.996. The first-order chi connectivity index (χ1) is 9.95. The van der Waals surface area contributed by atoms with E-state index in [-0.39, 0.29) is 12.2 Å². The van der Waals surface area contributed by atoms with Gasteiger partial charge in [-0.25, -0.2) is 4.39 Å². The summed E-state index contributed by atoms with van der Waals surface area (Å²) in [5, 5.41) is 0.466. The molecular formula is C16H11F4N. The molecule has 0 saturated carbocycles. The minimum atomic E-state index is -4.39. The molecule has 108 valence electrons. The largest absolute Gasteiger partial charge is 0.416 e. The van der Waals surface area contributed by atoms with Crippen LogP contribution in [0.15, 0.2) is 48.7 Å². The molecule has 0 fully saturated rings. The molecule has 0 unspecified atom stereocenters. The van der Waals surface area contributed by atoms with E-state index in [0.29, 0.717) is 22.0 Å². The smallest absolute Gasteiger partial charge is 0.361 e. The fourth-order valence-corrected chi connectivity index (χ4v) is 2.35. The van der Waals surface area contributed by atoms with Crippen molar-refractivity contribution >= 4 is 10.9 Å². The highest BCUT2D eigenvalue weighted by molar-refractivity contribution is 5.84. The van der Waals surface area contributed by atoms with Crippen molar-refractivity contribution in [2.75, 3.05) is 0 Å². The minimum Gasteiger partial charge on any atom is -0.361 e. The van der Waals surface area contributed by atoms with Crippen molar-refractivity contribution in [3.05, 3.63) is 71.2 Å². The Morgan fingerprint density at radius 3 is 2.43 bits per heavy atom. The number of nitrogens with one attached hydrogen (secondary N) is 1. The number of H-pyrrole nitrogens is 1. The maximum atomic E-state index is 13.7. The summed E-state index contributed by atoms with van der Waals surface area (Å²) in [4.78, 5) is 2.92. The molecule has 1 aromatic heterocycles. The Morgan fingerprint density at radius 2 is 1.71 bits per heavy atom. The maximum Gasteiger partial charge on any atom is 0.416 e. The molecule has 0 amide bonds. The van der Waals surface area contributed by atoms with E-state index in [1.54, 1.807) is 24.4 Å². The minimum absolute atomic E-state index is 0.244. The van der Waals surface area contributed by atoms with Gasteiger partial charge in [-0.2, -0.15) is 13.2 Å². The van der Waals surface area contributed by atoms with Crippen LogP contribution >= 0.6 is 0 Å². The molecule has 0 aliphatic heterocycles. The second-order valence-corrected chi connectivity index (χ2v) is 4.84. The van der Waals surface area contributed by atoms with Gasteiger partial charge >= 0.3 is 6.18 Å². The normalized spacial score (nSPS) is 12.0. The number of halogens is 4. The van der Waals surface area contributed by atoms with Gasteiger partial charge in [-0.3, -0.25) is 0 Å². The third kappa shape index (κ3) is 2.63. The van der Waals surface area contributed by atoms with Crippen molar-refractivity contribution in [2.24, 2.45) is 0 Å². The van der Waals surface area contributed by atoms with Crippen LogP contribution in [0.3, 0.4) is 0 Å². The fourth-order valence-electron chi connectivity index (χ4n) is 2.35. The maximum absolute atomic E-state index is 13.7. The molecule has 0 atom stereocenters. The highest BCUT2D eigenvalue weighted by atomic mass is 19.4. The topological polar surface area (TPSA) is 15.8 Å². The van der Waals surface area contributed by atoms with Crippen LogP contribution in [-0.4, -0.2) is 4.98 Å². The summed E-state index contributed by atoms with van der Waals surface area (Å²) >= 11 is 0. The van der Waals surface area contributed by atoms with Crippen LogP contribution in [0.4, 0.5) is 17.6 Å². The van der Waals surface area contributed by atoms with E-state index in [0.717, 1.165) is 12.1 Å². The molecule has 0 spiro atoms. The lowest BCUT2D eigenvalue weighted by Crippen LogP contribution is -2.04. The second kappa shape index (κ2) is 4.91. The Morgan fingerprint density at radius 1 is 0.952 bits per heavy atom. The lowest BCUT2D eigenvalue weighted by atomic mass is 10.0. The van der Waals surface area contributed by atoms with Crippen molar-refractivity contribution in [1.29, 1.82) is 0 Å². The lowest BCUT2D eigenvalue weighted by molar-refractivity contribution is -0.137. The standard InChI is InChI=1S/C16H11F4N/c17-14-4-2-1-3-10(14)7-11-9-21-15-6-5-12(8-13(11)15)16(18,19)20/h1-6,8-9,21H,7H2. The van der Waals surface area contributed by atoms with E-state index in [2.05, 4.69) is 4.98 Å². The van der Waals surface area contributed by atoms with Crippen LogP contribution in [0, 0.1) is 5.82 Å². The van der Waals surface area contributed by atoms with E-state index in [4.69, 9.17) is 0 Å². The molecule has 1 nitrogen and oxygen atoms in total. The van der Waals surface area contributed by atoms with E-state index in [1.165, 1.54) is 12.1 Å². The first kappa shape index (κ1) is 13.7. The van der Waals surface area contributed by atoms with Gasteiger partial charge in [-0.15, -0.1) is 0 Å². The van der Waals surface area contributed by atoms with Crippen molar-refractivity contribution in [2.45, 2.75) is 12.6 Å². The summed E-state index contributed by atoms with van der Waals surface area (Å²) in [6, 6.07) is 9.77. The number of alkyl halides is 3. The first-order valence-electron chi connectivity index (χ1n) is 6.36. The molecule has 5 heteroatoms. The average molecular weight is 293 g/mol. The van der Waals surface area contributed by atoms with Crippen LogP contribution in [0.1, 0.15) is 16.7 Å². The number of hydrogen-bond acceptors (Lipinski definition) is 0. The van der Waals surface area contributed by atoms with Crippen molar-refractivity contribution in [3.8, 4) is 0 Å². The molecule has 0 aliphatic rings. The third-order valence-electron chi connectivity index (χ3n) is 3.43. The molecular weight excluding hydrogens is 282 g/mol. The van der Waals surface area contributed by atoms with Gasteiger partial charge in [0, 0.05) is 23.5 Å². The quantitative estimate of drug-likeness (QED) is 0.646. The molecule has 0 saturated heterocycles. The second-order valence-electron chi connectivity index (χ2n) is 4.84. The third-order valence-corrected chi connectivity index (χ3v) is 3.43. The van der Waals surface area contributed by atoms with Gasteiger partial charge in [0.05, 0.1) is 5.56 Å². The van der Waals surface area contributed by atoms with Gasteiger partial charge in [-0.1, -0.05) is 18.2 Å². The number of benzene rings is 2. The monoisotopic (exact) mass is 293 g/mol. The van der Waals surface area contributed by atoms with Crippen molar-refractivity contribution < 1.29 is 17.6 Å². The predicted molar refractivity (Wildman–Crippen MR) is 72.5 cm³/mol. The van der Waals surface area contributed by atoms with Crippen molar-refractivity contribution in [1.82, 2.24) is 4.98 Å². The van der Waals surface area contributed by atoms with Gasteiger partial charge < -0.3 is 4.98 Å². The van der Waals surface area contributed by atoms with Crippen LogP contribution < -0.4 is 0 Å². The van der Waals surface area contributed by atoms with E-state index < -0.39 is 11.7 Å². The highest BCUT2D eigenvalue weighted by Gasteiger charge is 2.30. The lowest BCUT2D eigenvalue weighted by Gasteiger charge is -2.07. The van der Waals surface area contributed by atoms with E-state index in [9.17, 15) is 17.6 Å². The number of hydrogen-bond donors (Lipinski definition) is 1. The van der Waals surface area contributed by atoms with Crippen LogP contribution in [0.2, 0.25) is 0 Å². The molecule has 1 heterocycles. The summed E-state index contributed by atoms with van der Waals surface area (Å²) in [5.74, 6) is -0.362. The fraction of sp³-hybridized carbons (Fsp3) is 0.125. The average Bonchev–Trinajstić information content (AvgIpc) is 2.83. The zero-order valence-corrected chi connectivity index (χ0v) is 10.8.